The normalized spacial score (nSPS) is 27.9. The van der Waals surface area contributed by atoms with E-state index in [1.54, 1.807) is 11.3 Å². The molecule has 4 nitrogen and oxygen atoms in total. The summed E-state index contributed by atoms with van der Waals surface area (Å²) in [6.07, 6.45) is 9.56. The van der Waals surface area contributed by atoms with Crippen LogP contribution >= 0.6 is 11.3 Å². The SMILES string of the molecule is O=C1CCCC1C1CCCN1Cc1cn2ccsc2n1. The molecule has 3 heterocycles. The summed E-state index contributed by atoms with van der Waals surface area (Å²) in [5.74, 6) is 0.786. The topological polar surface area (TPSA) is 37.6 Å². The van der Waals surface area contributed by atoms with Gasteiger partial charge in [-0.2, -0.15) is 0 Å². The van der Waals surface area contributed by atoms with Crippen molar-refractivity contribution < 1.29 is 4.79 Å². The Balaban J connectivity index is 1.52. The number of thiazole rings is 1. The third-order valence-corrected chi connectivity index (χ3v) is 5.51. The Kier molecular flexibility index (Phi) is 3.11. The van der Waals surface area contributed by atoms with Crippen molar-refractivity contribution in [3.8, 4) is 0 Å². The third kappa shape index (κ3) is 2.09. The largest absolute Gasteiger partial charge is 0.299 e. The summed E-state index contributed by atoms with van der Waals surface area (Å²) in [5, 5.41) is 2.06. The zero-order chi connectivity index (χ0) is 13.5. The van der Waals surface area contributed by atoms with Gasteiger partial charge >= 0.3 is 0 Å². The van der Waals surface area contributed by atoms with Gasteiger partial charge in [0.05, 0.1) is 5.69 Å². The van der Waals surface area contributed by atoms with Gasteiger partial charge in [0.2, 0.25) is 0 Å². The summed E-state index contributed by atoms with van der Waals surface area (Å²) < 4.78 is 2.09. The van der Waals surface area contributed by atoms with Gasteiger partial charge in [-0.15, -0.1) is 11.3 Å². The molecule has 2 aliphatic rings. The van der Waals surface area contributed by atoms with Crippen LogP contribution in [0.25, 0.3) is 4.96 Å². The first-order valence-corrected chi connectivity index (χ1v) is 8.37. The Morgan fingerprint density at radius 3 is 3.10 bits per heavy atom. The van der Waals surface area contributed by atoms with E-state index < -0.39 is 0 Å². The molecule has 2 atom stereocenters. The van der Waals surface area contributed by atoms with Gasteiger partial charge < -0.3 is 0 Å². The van der Waals surface area contributed by atoms with Gasteiger partial charge in [-0.25, -0.2) is 4.98 Å². The van der Waals surface area contributed by atoms with Crippen molar-refractivity contribution in [2.45, 2.75) is 44.7 Å². The predicted molar refractivity (Wildman–Crippen MR) is 78.8 cm³/mol. The number of likely N-dealkylation sites (tertiary alicyclic amines) is 1. The number of nitrogens with zero attached hydrogens (tertiary/aromatic N) is 3. The highest BCUT2D eigenvalue weighted by Crippen LogP contribution is 2.34. The first-order valence-electron chi connectivity index (χ1n) is 7.49. The first-order chi connectivity index (χ1) is 9.81. The molecule has 1 saturated carbocycles. The monoisotopic (exact) mass is 289 g/mol. The fourth-order valence-electron chi connectivity index (χ4n) is 3.81. The Hall–Kier alpha value is -1.20. The van der Waals surface area contributed by atoms with Gasteiger partial charge in [0.1, 0.15) is 5.78 Å². The van der Waals surface area contributed by atoms with Crippen molar-refractivity contribution in [2.75, 3.05) is 6.54 Å². The van der Waals surface area contributed by atoms with Gasteiger partial charge in [0.25, 0.3) is 0 Å². The molecule has 106 valence electrons. The molecule has 4 rings (SSSR count). The molecule has 2 unspecified atom stereocenters. The van der Waals surface area contributed by atoms with Gasteiger partial charge in [-0.3, -0.25) is 14.1 Å². The highest BCUT2D eigenvalue weighted by atomic mass is 32.1. The average molecular weight is 289 g/mol. The molecule has 0 radical (unpaired) electrons. The second-order valence-electron chi connectivity index (χ2n) is 5.97. The van der Waals surface area contributed by atoms with E-state index in [2.05, 4.69) is 32.1 Å². The molecule has 20 heavy (non-hydrogen) atoms. The number of imidazole rings is 1. The molecule has 2 aromatic heterocycles. The molecule has 5 heteroatoms. The average Bonchev–Trinajstić information content (AvgIpc) is 3.12. The minimum atomic E-state index is 0.293. The van der Waals surface area contributed by atoms with E-state index in [1.165, 1.54) is 12.8 Å². The summed E-state index contributed by atoms with van der Waals surface area (Å²) >= 11 is 1.67. The van der Waals surface area contributed by atoms with E-state index in [-0.39, 0.29) is 0 Å². The van der Waals surface area contributed by atoms with Crippen molar-refractivity contribution in [3.63, 3.8) is 0 Å². The fraction of sp³-hybridized carbons (Fsp3) is 0.600. The number of hydrogen-bond donors (Lipinski definition) is 0. The molecule has 0 bridgehead atoms. The number of carbonyl (C=O) groups is 1. The zero-order valence-electron chi connectivity index (χ0n) is 11.5. The van der Waals surface area contributed by atoms with Crippen LogP contribution in [0, 0.1) is 5.92 Å². The Labute approximate surface area is 122 Å². The highest BCUT2D eigenvalue weighted by molar-refractivity contribution is 7.15. The zero-order valence-corrected chi connectivity index (χ0v) is 12.3. The minimum absolute atomic E-state index is 0.293. The van der Waals surface area contributed by atoms with Crippen molar-refractivity contribution >= 4 is 22.1 Å². The van der Waals surface area contributed by atoms with Crippen molar-refractivity contribution in [1.82, 2.24) is 14.3 Å². The number of ketones is 1. The summed E-state index contributed by atoms with van der Waals surface area (Å²) in [6, 6.07) is 0.463. The smallest absolute Gasteiger partial charge is 0.193 e. The van der Waals surface area contributed by atoms with Crippen molar-refractivity contribution in [2.24, 2.45) is 5.92 Å². The molecule has 0 amide bonds. The molecule has 1 aliphatic heterocycles. The fourth-order valence-corrected chi connectivity index (χ4v) is 4.53. The van der Waals surface area contributed by atoms with Gasteiger partial charge in [-0.05, 0) is 32.2 Å². The molecule has 1 aliphatic carbocycles. The van der Waals surface area contributed by atoms with Crippen LogP contribution in [-0.2, 0) is 11.3 Å². The molecule has 0 spiro atoms. The van der Waals surface area contributed by atoms with Crippen molar-refractivity contribution in [1.29, 1.82) is 0 Å². The van der Waals surface area contributed by atoms with Crippen LogP contribution in [0.1, 0.15) is 37.8 Å². The number of aromatic nitrogens is 2. The Bertz CT molecular complexity index is 603. The maximum absolute atomic E-state index is 12.0. The van der Waals surface area contributed by atoms with Gasteiger partial charge in [0, 0.05) is 42.7 Å². The molecule has 2 aromatic rings. The van der Waals surface area contributed by atoms with Crippen LogP contribution in [0.4, 0.5) is 0 Å². The number of Topliss-reactive ketones (excluding diaryl/α,β-unsaturated/α-hetero) is 1. The van der Waals surface area contributed by atoms with Gasteiger partial charge in [-0.1, -0.05) is 0 Å². The van der Waals surface area contributed by atoms with E-state index in [0.717, 1.165) is 43.0 Å². The quantitative estimate of drug-likeness (QED) is 0.872. The summed E-state index contributed by atoms with van der Waals surface area (Å²) in [4.78, 5) is 20.2. The first kappa shape index (κ1) is 12.5. The predicted octanol–water partition coefficient (Wildman–Crippen LogP) is 2.73. The Morgan fingerprint density at radius 1 is 1.35 bits per heavy atom. The van der Waals surface area contributed by atoms with Crippen LogP contribution in [0.5, 0.6) is 0 Å². The number of fused-ring (bicyclic) bond motifs is 1. The molecule has 1 saturated heterocycles. The van der Waals surface area contributed by atoms with Crippen LogP contribution in [0.2, 0.25) is 0 Å². The standard InChI is InChI=1S/C15H19N3OS/c19-14-5-1-3-12(14)13-4-2-6-17(13)9-11-10-18-7-8-20-15(18)16-11/h7-8,10,12-13H,1-6,9H2. The maximum atomic E-state index is 12.0. The van der Waals surface area contributed by atoms with E-state index in [9.17, 15) is 4.79 Å². The molecular weight excluding hydrogens is 270 g/mol. The van der Waals surface area contributed by atoms with Gasteiger partial charge in [0.15, 0.2) is 4.96 Å². The lowest BCUT2D eigenvalue weighted by Gasteiger charge is -2.27. The highest BCUT2D eigenvalue weighted by Gasteiger charge is 2.38. The van der Waals surface area contributed by atoms with Crippen molar-refractivity contribution in [3.05, 3.63) is 23.5 Å². The number of carbonyl (C=O) groups excluding carboxylic acids is 1. The summed E-state index contributed by atoms with van der Waals surface area (Å²) in [6.45, 7) is 2.00. The summed E-state index contributed by atoms with van der Waals surface area (Å²) in [7, 11) is 0. The molecular formula is C15H19N3OS. The van der Waals surface area contributed by atoms with E-state index in [0.29, 0.717) is 17.7 Å². The Morgan fingerprint density at radius 2 is 2.30 bits per heavy atom. The second-order valence-corrected chi connectivity index (χ2v) is 6.84. The lowest BCUT2D eigenvalue weighted by atomic mass is 9.95. The lowest BCUT2D eigenvalue weighted by molar-refractivity contribution is -0.122. The third-order valence-electron chi connectivity index (χ3n) is 4.74. The maximum Gasteiger partial charge on any atom is 0.193 e. The van der Waals surface area contributed by atoms with E-state index in [4.69, 9.17) is 0 Å². The van der Waals surface area contributed by atoms with Crippen LogP contribution in [-0.4, -0.2) is 32.7 Å². The molecule has 0 N–H and O–H groups in total. The van der Waals surface area contributed by atoms with Crippen LogP contribution in [0.3, 0.4) is 0 Å². The van der Waals surface area contributed by atoms with Crippen LogP contribution < -0.4 is 0 Å². The summed E-state index contributed by atoms with van der Waals surface area (Å²) in [5.41, 5.74) is 1.13. The lowest BCUT2D eigenvalue weighted by Crippen LogP contribution is -2.37. The minimum Gasteiger partial charge on any atom is -0.299 e. The number of rotatable bonds is 3. The van der Waals surface area contributed by atoms with Crippen LogP contribution in [0.15, 0.2) is 17.8 Å². The molecule has 0 aromatic carbocycles. The second kappa shape index (κ2) is 4.97. The molecule has 2 fully saturated rings. The van der Waals surface area contributed by atoms with E-state index >= 15 is 0 Å². The van der Waals surface area contributed by atoms with E-state index in [1.807, 2.05) is 0 Å². The number of hydrogen-bond acceptors (Lipinski definition) is 4.